The molecule has 21 heavy (non-hydrogen) atoms. The van der Waals surface area contributed by atoms with Gasteiger partial charge in [0.2, 0.25) is 0 Å². The average molecular weight is 298 g/mol. The van der Waals surface area contributed by atoms with Crippen LogP contribution in [0.1, 0.15) is 22.0 Å². The summed E-state index contributed by atoms with van der Waals surface area (Å²) < 4.78 is 5.49. The second-order valence-electron chi connectivity index (χ2n) is 4.58. The fourth-order valence-electron chi connectivity index (χ4n) is 2.23. The minimum absolute atomic E-state index is 0.0735. The van der Waals surface area contributed by atoms with Crippen LogP contribution >= 0.6 is 11.8 Å². The van der Waals surface area contributed by atoms with Gasteiger partial charge in [0.15, 0.2) is 5.78 Å². The van der Waals surface area contributed by atoms with Crippen LogP contribution in [0, 0.1) is 0 Å². The summed E-state index contributed by atoms with van der Waals surface area (Å²) in [6.07, 6.45) is 1.54. The molecule has 2 rings (SSSR count). The molecule has 0 N–H and O–H groups in total. The smallest absolute Gasteiger partial charge is 0.192 e. The molecule has 0 aliphatic carbocycles. The van der Waals surface area contributed by atoms with Gasteiger partial charge in [-0.05, 0) is 24.0 Å². The molecule has 0 heterocycles. The molecule has 108 valence electrons. The number of benzene rings is 2. The van der Waals surface area contributed by atoms with E-state index in [1.807, 2.05) is 60.9 Å². The molecular weight excluding hydrogens is 280 g/mol. The number of ketones is 1. The van der Waals surface area contributed by atoms with Crippen molar-refractivity contribution < 1.29 is 9.53 Å². The van der Waals surface area contributed by atoms with Gasteiger partial charge >= 0.3 is 0 Å². The molecule has 1 unspecified atom stereocenters. The summed E-state index contributed by atoms with van der Waals surface area (Å²) in [6.45, 7) is 3.97. The van der Waals surface area contributed by atoms with E-state index in [4.69, 9.17) is 4.74 Å². The Hall–Kier alpha value is -1.84. The summed E-state index contributed by atoms with van der Waals surface area (Å²) in [5.41, 5.74) is 2.05. The van der Waals surface area contributed by atoms with Gasteiger partial charge in [-0.1, -0.05) is 49.0 Å². The summed E-state index contributed by atoms with van der Waals surface area (Å²) in [4.78, 5) is 13.7. The second kappa shape index (κ2) is 7.25. The Morgan fingerprint density at radius 1 is 1.10 bits per heavy atom. The van der Waals surface area contributed by atoms with Gasteiger partial charge < -0.3 is 4.74 Å². The summed E-state index contributed by atoms with van der Waals surface area (Å²) in [6, 6.07) is 17.2. The lowest BCUT2D eigenvalue weighted by molar-refractivity contribution is 0.0923. The van der Waals surface area contributed by atoms with Crippen LogP contribution in [-0.2, 0) is 4.74 Å². The number of methoxy groups -OCH3 is 1. The first-order valence-electron chi connectivity index (χ1n) is 6.63. The monoisotopic (exact) mass is 298 g/mol. The summed E-state index contributed by atoms with van der Waals surface area (Å²) in [5, 5.41) is 0. The number of Topliss-reactive ketones (excluding diaryl/α,β-unsaturated/α-hetero) is 1. The first-order valence-corrected chi connectivity index (χ1v) is 7.85. The van der Waals surface area contributed by atoms with Gasteiger partial charge in [0.05, 0.1) is 0 Å². The Morgan fingerprint density at radius 3 is 2.33 bits per heavy atom. The SMILES string of the molecule is C=C(C(=O)c1ccccc1SC)C(OC)c1ccccc1. The van der Waals surface area contributed by atoms with E-state index in [0.29, 0.717) is 11.1 Å². The van der Waals surface area contributed by atoms with Gasteiger partial charge in [0.25, 0.3) is 0 Å². The molecule has 2 aromatic carbocycles. The Balaban J connectivity index is 2.32. The predicted molar refractivity (Wildman–Crippen MR) is 87.9 cm³/mol. The molecular formula is C18H18O2S. The molecule has 3 heteroatoms. The topological polar surface area (TPSA) is 26.3 Å². The van der Waals surface area contributed by atoms with E-state index >= 15 is 0 Å². The molecule has 0 saturated carbocycles. The Kier molecular flexibility index (Phi) is 5.37. The van der Waals surface area contributed by atoms with Crippen molar-refractivity contribution in [3.05, 3.63) is 77.9 Å². The van der Waals surface area contributed by atoms with E-state index in [1.54, 1.807) is 18.9 Å². The molecule has 0 saturated heterocycles. The van der Waals surface area contributed by atoms with E-state index in [2.05, 4.69) is 6.58 Å². The lowest BCUT2D eigenvalue weighted by Crippen LogP contribution is -2.13. The minimum atomic E-state index is -0.423. The second-order valence-corrected chi connectivity index (χ2v) is 5.43. The predicted octanol–water partition coefficient (Wildman–Crippen LogP) is 4.54. The number of ether oxygens (including phenoxy) is 1. The van der Waals surface area contributed by atoms with Gasteiger partial charge in [-0.3, -0.25) is 4.79 Å². The summed E-state index contributed by atoms with van der Waals surface area (Å²) in [5.74, 6) is -0.0735. The van der Waals surface area contributed by atoms with Crippen molar-refractivity contribution in [2.75, 3.05) is 13.4 Å². The highest BCUT2D eigenvalue weighted by atomic mass is 32.2. The van der Waals surface area contributed by atoms with Crippen LogP contribution in [0.4, 0.5) is 0 Å². The molecule has 0 radical (unpaired) electrons. The lowest BCUT2D eigenvalue weighted by atomic mass is 9.95. The van der Waals surface area contributed by atoms with Crippen molar-refractivity contribution in [1.82, 2.24) is 0 Å². The lowest BCUT2D eigenvalue weighted by Gasteiger charge is -2.18. The highest BCUT2D eigenvalue weighted by Gasteiger charge is 2.23. The molecule has 0 amide bonds. The number of hydrogen-bond acceptors (Lipinski definition) is 3. The normalized spacial score (nSPS) is 11.9. The zero-order chi connectivity index (χ0) is 15.2. The Morgan fingerprint density at radius 2 is 1.71 bits per heavy atom. The summed E-state index contributed by atoms with van der Waals surface area (Å²) in [7, 11) is 1.59. The van der Waals surface area contributed by atoms with E-state index < -0.39 is 6.10 Å². The van der Waals surface area contributed by atoms with Crippen LogP contribution in [-0.4, -0.2) is 19.1 Å². The summed E-state index contributed by atoms with van der Waals surface area (Å²) >= 11 is 1.55. The standard InChI is InChI=1S/C18H18O2S/c1-13(18(20-2)14-9-5-4-6-10-14)17(19)15-11-7-8-12-16(15)21-3/h4-12,18H,1H2,2-3H3. The van der Waals surface area contributed by atoms with Gasteiger partial charge in [0.1, 0.15) is 6.10 Å². The van der Waals surface area contributed by atoms with Crippen molar-refractivity contribution in [3.63, 3.8) is 0 Å². The van der Waals surface area contributed by atoms with Gasteiger partial charge in [0, 0.05) is 23.1 Å². The van der Waals surface area contributed by atoms with Crippen molar-refractivity contribution in [3.8, 4) is 0 Å². The zero-order valence-corrected chi connectivity index (χ0v) is 13.0. The third-order valence-corrected chi connectivity index (χ3v) is 4.09. The largest absolute Gasteiger partial charge is 0.372 e. The van der Waals surface area contributed by atoms with E-state index in [-0.39, 0.29) is 5.78 Å². The molecule has 0 aliphatic heterocycles. The first kappa shape index (κ1) is 15.5. The van der Waals surface area contributed by atoms with Crippen LogP contribution in [0.3, 0.4) is 0 Å². The highest BCUT2D eigenvalue weighted by Crippen LogP contribution is 2.29. The highest BCUT2D eigenvalue weighted by molar-refractivity contribution is 7.98. The molecule has 0 aliphatic rings. The molecule has 2 aromatic rings. The van der Waals surface area contributed by atoms with Crippen LogP contribution in [0.2, 0.25) is 0 Å². The number of carbonyl (C=O) groups is 1. The molecule has 2 nitrogen and oxygen atoms in total. The van der Waals surface area contributed by atoms with Gasteiger partial charge in [-0.15, -0.1) is 11.8 Å². The molecule has 0 fully saturated rings. The van der Waals surface area contributed by atoms with Crippen LogP contribution in [0.15, 0.2) is 71.6 Å². The molecule has 1 atom stereocenters. The van der Waals surface area contributed by atoms with Crippen molar-refractivity contribution in [2.24, 2.45) is 0 Å². The maximum absolute atomic E-state index is 12.7. The van der Waals surface area contributed by atoms with Crippen molar-refractivity contribution in [2.45, 2.75) is 11.0 Å². The minimum Gasteiger partial charge on any atom is -0.372 e. The molecule has 0 spiro atoms. The third kappa shape index (κ3) is 3.43. The molecule has 0 aromatic heterocycles. The number of carbonyl (C=O) groups excluding carboxylic acids is 1. The maximum atomic E-state index is 12.7. The van der Waals surface area contributed by atoms with E-state index in [9.17, 15) is 4.79 Å². The molecule has 0 bridgehead atoms. The van der Waals surface area contributed by atoms with Crippen molar-refractivity contribution in [1.29, 1.82) is 0 Å². The Bertz CT molecular complexity index is 635. The number of thioether (sulfide) groups is 1. The van der Waals surface area contributed by atoms with Gasteiger partial charge in [-0.25, -0.2) is 0 Å². The fourth-order valence-corrected chi connectivity index (χ4v) is 2.83. The fraction of sp³-hybridized carbons (Fsp3) is 0.167. The average Bonchev–Trinajstić information content (AvgIpc) is 2.55. The maximum Gasteiger partial charge on any atom is 0.192 e. The van der Waals surface area contributed by atoms with E-state index in [1.165, 1.54) is 0 Å². The van der Waals surface area contributed by atoms with Crippen molar-refractivity contribution >= 4 is 17.5 Å². The van der Waals surface area contributed by atoms with Crippen LogP contribution in [0.25, 0.3) is 0 Å². The quantitative estimate of drug-likeness (QED) is 0.445. The zero-order valence-electron chi connectivity index (χ0n) is 12.2. The first-order chi connectivity index (χ1) is 10.2. The third-order valence-electron chi connectivity index (χ3n) is 3.30. The van der Waals surface area contributed by atoms with E-state index in [0.717, 1.165) is 10.5 Å². The van der Waals surface area contributed by atoms with Crippen LogP contribution < -0.4 is 0 Å². The van der Waals surface area contributed by atoms with Gasteiger partial charge in [-0.2, -0.15) is 0 Å². The number of hydrogen-bond donors (Lipinski definition) is 0. The number of rotatable bonds is 6. The Labute approximate surface area is 129 Å². The van der Waals surface area contributed by atoms with Crippen LogP contribution in [0.5, 0.6) is 0 Å².